The fourth-order valence-electron chi connectivity index (χ4n) is 9.54. The third-order valence-electron chi connectivity index (χ3n) is 11.2. The molecule has 0 heterocycles. The van der Waals surface area contributed by atoms with Gasteiger partial charge in [-0.1, -0.05) is 20.8 Å². The Bertz CT molecular complexity index is 713. The van der Waals surface area contributed by atoms with Crippen LogP contribution in [-0.2, 0) is 9.53 Å². The monoisotopic (exact) mass is 476 g/mol. The Morgan fingerprint density at radius 2 is 1.76 bits per heavy atom. The minimum absolute atomic E-state index is 0.0315. The molecule has 0 amide bonds. The maximum absolute atomic E-state index is 12.2. The van der Waals surface area contributed by atoms with Gasteiger partial charge in [-0.15, -0.1) is 0 Å². The van der Waals surface area contributed by atoms with Crippen molar-refractivity contribution in [3.8, 4) is 0 Å². The molecule has 0 radical (unpaired) electrons. The summed E-state index contributed by atoms with van der Waals surface area (Å²) in [6, 6.07) is 0.568. The highest BCUT2D eigenvalue weighted by Gasteiger charge is 2.62. The highest BCUT2D eigenvalue weighted by atomic mass is 16.5. The minimum atomic E-state index is -0.156. The molecule has 196 valence electrons. The fourth-order valence-corrected chi connectivity index (χ4v) is 9.54. The lowest BCUT2D eigenvalue weighted by Gasteiger charge is -2.62. The van der Waals surface area contributed by atoms with Crippen LogP contribution < -0.4 is 11.1 Å². The predicted molar refractivity (Wildman–Crippen MR) is 137 cm³/mol. The topological polar surface area (TPSA) is 84.6 Å². The Balaban J connectivity index is 1.44. The Labute approximate surface area is 208 Å². The molecule has 0 aromatic rings. The number of ether oxygens (including phenoxy) is 1. The van der Waals surface area contributed by atoms with Gasteiger partial charge in [-0.3, -0.25) is 4.79 Å². The second-order valence-electron chi connectivity index (χ2n) is 13.3. The molecule has 0 aliphatic heterocycles. The molecular weight excluding hydrogens is 424 g/mol. The first-order valence-corrected chi connectivity index (χ1v) is 14.4. The number of hydrogen-bond acceptors (Lipinski definition) is 5. The van der Waals surface area contributed by atoms with E-state index in [0.29, 0.717) is 65.3 Å². The van der Waals surface area contributed by atoms with Crippen molar-refractivity contribution in [2.45, 2.75) is 117 Å². The molecule has 34 heavy (non-hydrogen) atoms. The number of nitrogens with one attached hydrogen (secondary N) is 1. The lowest BCUT2D eigenvalue weighted by molar-refractivity contribution is -0.167. The van der Waals surface area contributed by atoms with Gasteiger partial charge in [0.15, 0.2) is 0 Å². The summed E-state index contributed by atoms with van der Waals surface area (Å²) in [5, 5.41) is 15.2. The van der Waals surface area contributed by atoms with Crippen molar-refractivity contribution in [3.05, 3.63) is 0 Å². The lowest BCUT2D eigenvalue weighted by atomic mass is 9.43. The average molecular weight is 477 g/mol. The van der Waals surface area contributed by atoms with Crippen LogP contribution in [0.25, 0.3) is 0 Å². The van der Waals surface area contributed by atoms with Gasteiger partial charge < -0.3 is 20.9 Å². The highest BCUT2D eigenvalue weighted by molar-refractivity contribution is 5.69. The SMILES string of the molecule is CC(C)OC(=O)CC[C@H](C)C1CCC2C3C(O)C[C@@H]4C[C@@H](NCCN)CC[C@]4(C)C3CC[C@@]21C. The number of rotatable bonds is 8. The van der Waals surface area contributed by atoms with Gasteiger partial charge in [-0.2, -0.15) is 0 Å². The molecule has 5 unspecified atom stereocenters. The van der Waals surface area contributed by atoms with Gasteiger partial charge in [0.25, 0.3) is 0 Å². The van der Waals surface area contributed by atoms with E-state index in [2.05, 4.69) is 26.1 Å². The van der Waals surface area contributed by atoms with Crippen LogP contribution in [0.3, 0.4) is 0 Å². The number of aliphatic hydroxyl groups excluding tert-OH is 1. The van der Waals surface area contributed by atoms with Gasteiger partial charge in [-0.25, -0.2) is 0 Å². The normalized spacial score (nSPS) is 44.8. The number of fused-ring (bicyclic) bond motifs is 5. The average Bonchev–Trinajstić information content (AvgIpc) is 3.13. The summed E-state index contributed by atoms with van der Waals surface area (Å²) in [5.74, 6) is 3.49. The molecule has 5 heteroatoms. The number of nitrogens with two attached hydrogens (primary N) is 1. The standard InChI is InChI=1S/C29H52N2O3/c1-18(2)34-26(33)9-6-19(3)22-7-8-23-27-24(11-13-29(22,23)5)28(4)12-10-21(31-15-14-30)16-20(28)17-25(27)32/h18-25,27,31-32H,6-17,30H2,1-5H3/t19-,20-,21-,22?,23?,24?,25?,27?,28-,29+/m0/s1. The highest BCUT2D eigenvalue weighted by Crippen LogP contribution is 2.68. The summed E-state index contributed by atoms with van der Waals surface area (Å²) in [6.45, 7) is 12.9. The Kier molecular flexibility index (Phi) is 8.06. The largest absolute Gasteiger partial charge is 0.463 e. The van der Waals surface area contributed by atoms with Gasteiger partial charge >= 0.3 is 5.97 Å². The molecule has 0 aromatic heterocycles. The zero-order valence-corrected chi connectivity index (χ0v) is 22.5. The molecule has 4 aliphatic rings. The van der Waals surface area contributed by atoms with Crippen molar-refractivity contribution in [1.82, 2.24) is 5.32 Å². The predicted octanol–water partition coefficient (Wildman–Crippen LogP) is 4.90. The maximum Gasteiger partial charge on any atom is 0.306 e. The lowest BCUT2D eigenvalue weighted by Crippen LogP contribution is -2.59. The molecule has 5 nitrogen and oxygen atoms in total. The van der Waals surface area contributed by atoms with Gasteiger partial charge in [0.1, 0.15) is 0 Å². The van der Waals surface area contributed by atoms with Gasteiger partial charge in [0, 0.05) is 25.6 Å². The van der Waals surface area contributed by atoms with E-state index in [1.54, 1.807) is 0 Å². The molecule has 0 bridgehead atoms. The molecule has 4 N–H and O–H groups in total. The molecular formula is C29H52N2O3. The summed E-state index contributed by atoms with van der Waals surface area (Å²) in [7, 11) is 0. The van der Waals surface area contributed by atoms with Crippen molar-refractivity contribution >= 4 is 5.97 Å². The van der Waals surface area contributed by atoms with Gasteiger partial charge in [0.05, 0.1) is 12.2 Å². The molecule has 0 saturated heterocycles. The molecule has 10 atom stereocenters. The number of esters is 1. The summed E-state index contributed by atoms with van der Waals surface area (Å²) < 4.78 is 5.39. The maximum atomic E-state index is 12.2. The molecule has 4 saturated carbocycles. The van der Waals surface area contributed by atoms with Gasteiger partial charge in [-0.05, 0) is 118 Å². The smallest absolute Gasteiger partial charge is 0.306 e. The Hall–Kier alpha value is -0.650. The first-order valence-electron chi connectivity index (χ1n) is 14.4. The van der Waals surface area contributed by atoms with E-state index in [0.717, 1.165) is 19.4 Å². The number of hydrogen-bond donors (Lipinski definition) is 3. The zero-order chi connectivity index (χ0) is 24.7. The van der Waals surface area contributed by atoms with Crippen LogP contribution in [-0.4, -0.2) is 42.4 Å². The molecule has 4 rings (SSSR count). The van der Waals surface area contributed by atoms with E-state index in [9.17, 15) is 9.90 Å². The first kappa shape index (κ1) is 26.4. The third-order valence-corrected chi connectivity index (χ3v) is 11.2. The van der Waals surface area contributed by atoms with Crippen molar-refractivity contribution < 1.29 is 14.6 Å². The fraction of sp³-hybridized carbons (Fsp3) is 0.966. The van der Waals surface area contributed by atoms with Crippen LogP contribution in [0.5, 0.6) is 0 Å². The molecule has 4 aliphatic carbocycles. The number of carbonyl (C=O) groups excluding carboxylic acids is 1. The Morgan fingerprint density at radius 1 is 1.06 bits per heavy atom. The Morgan fingerprint density at radius 3 is 2.47 bits per heavy atom. The minimum Gasteiger partial charge on any atom is -0.463 e. The van der Waals surface area contributed by atoms with Crippen LogP contribution in [0.4, 0.5) is 0 Å². The van der Waals surface area contributed by atoms with E-state index in [-0.39, 0.29) is 18.2 Å². The van der Waals surface area contributed by atoms with Crippen molar-refractivity contribution in [2.24, 2.45) is 52.1 Å². The summed E-state index contributed by atoms with van der Waals surface area (Å²) in [4.78, 5) is 12.2. The van der Waals surface area contributed by atoms with Crippen LogP contribution in [0.1, 0.15) is 98.8 Å². The van der Waals surface area contributed by atoms with Crippen molar-refractivity contribution in [2.75, 3.05) is 13.1 Å². The quantitative estimate of drug-likeness (QED) is 0.434. The zero-order valence-electron chi connectivity index (χ0n) is 22.5. The second-order valence-corrected chi connectivity index (χ2v) is 13.3. The van der Waals surface area contributed by atoms with Crippen LogP contribution in [0, 0.1) is 46.3 Å². The van der Waals surface area contributed by atoms with Crippen LogP contribution >= 0.6 is 0 Å². The van der Waals surface area contributed by atoms with Crippen molar-refractivity contribution in [3.63, 3.8) is 0 Å². The number of carbonyl (C=O) groups is 1. The van der Waals surface area contributed by atoms with E-state index < -0.39 is 0 Å². The molecule has 0 spiro atoms. The van der Waals surface area contributed by atoms with E-state index in [1.807, 2.05) is 13.8 Å². The number of aliphatic hydroxyl groups is 1. The third kappa shape index (κ3) is 4.83. The first-order chi connectivity index (χ1) is 16.1. The van der Waals surface area contributed by atoms with Crippen LogP contribution in [0.15, 0.2) is 0 Å². The summed E-state index contributed by atoms with van der Waals surface area (Å²) in [6.07, 6.45) is 11.0. The summed E-state index contributed by atoms with van der Waals surface area (Å²) in [5.41, 5.74) is 6.40. The van der Waals surface area contributed by atoms with E-state index in [1.165, 1.54) is 44.9 Å². The van der Waals surface area contributed by atoms with Crippen LogP contribution in [0.2, 0.25) is 0 Å². The van der Waals surface area contributed by atoms with Crippen molar-refractivity contribution in [1.29, 1.82) is 0 Å². The van der Waals surface area contributed by atoms with Gasteiger partial charge in [0.2, 0.25) is 0 Å². The molecule has 4 fully saturated rings. The molecule has 0 aromatic carbocycles. The second kappa shape index (κ2) is 10.4. The van der Waals surface area contributed by atoms with E-state index in [4.69, 9.17) is 10.5 Å². The summed E-state index contributed by atoms with van der Waals surface area (Å²) >= 11 is 0. The van der Waals surface area contributed by atoms with E-state index >= 15 is 0 Å².